The number of hydrogen-bond acceptors (Lipinski definition) is 3. The van der Waals surface area contributed by atoms with Gasteiger partial charge in [0, 0.05) is 11.6 Å². The molecule has 0 saturated carbocycles. The third-order valence-electron chi connectivity index (χ3n) is 3.84. The van der Waals surface area contributed by atoms with Crippen LogP contribution in [-0.4, -0.2) is 18.0 Å². The maximum Gasteiger partial charge on any atom is 0.241 e. The van der Waals surface area contributed by atoms with Crippen LogP contribution in [0.2, 0.25) is 5.02 Å². The second-order valence-corrected chi connectivity index (χ2v) is 7.65. The molecule has 0 unspecified atom stereocenters. The van der Waals surface area contributed by atoms with Crippen molar-refractivity contribution in [3.63, 3.8) is 0 Å². The lowest BCUT2D eigenvalue weighted by atomic mass is 10.3. The van der Waals surface area contributed by atoms with Crippen LogP contribution in [0.25, 0.3) is 11.0 Å². The van der Waals surface area contributed by atoms with Crippen LogP contribution in [-0.2, 0) is 16.6 Å². The van der Waals surface area contributed by atoms with Gasteiger partial charge in [-0.1, -0.05) is 23.7 Å². The van der Waals surface area contributed by atoms with Gasteiger partial charge in [0.1, 0.15) is 5.82 Å². The summed E-state index contributed by atoms with van der Waals surface area (Å²) in [5.41, 5.74) is 1.85. The number of nitrogens with one attached hydrogen (secondary N) is 1. The van der Waals surface area contributed by atoms with Crippen molar-refractivity contribution >= 4 is 32.7 Å². The monoisotopic (exact) mass is 363 g/mol. The molecule has 0 bridgehead atoms. The predicted molar refractivity (Wildman–Crippen MR) is 95.6 cm³/mol. The van der Waals surface area contributed by atoms with Crippen LogP contribution in [0.4, 0.5) is 0 Å². The first-order chi connectivity index (χ1) is 11.4. The average Bonchev–Trinajstić information content (AvgIpc) is 2.93. The van der Waals surface area contributed by atoms with E-state index in [1.54, 1.807) is 19.1 Å². The molecule has 1 heterocycles. The van der Waals surface area contributed by atoms with Gasteiger partial charge in [0.25, 0.3) is 0 Å². The molecule has 2 aromatic carbocycles. The normalized spacial score (nSPS) is 13.3. The fourth-order valence-corrected chi connectivity index (χ4v) is 4.05. The van der Waals surface area contributed by atoms with E-state index in [1.807, 2.05) is 35.8 Å². The Labute approximate surface area is 146 Å². The molecule has 1 aromatic heterocycles. The molecular weight excluding hydrogens is 346 g/mol. The lowest BCUT2D eigenvalue weighted by molar-refractivity contribution is 0.549. The molecule has 0 spiro atoms. The summed E-state index contributed by atoms with van der Waals surface area (Å²) >= 11 is 5.82. The Morgan fingerprint density at radius 3 is 2.50 bits per heavy atom. The third-order valence-corrected chi connectivity index (χ3v) is 5.65. The van der Waals surface area contributed by atoms with Crippen molar-refractivity contribution in [2.24, 2.45) is 0 Å². The highest BCUT2D eigenvalue weighted by Gasteiger charge is 2.22. The number of aromatic nitrogens is 2. The van der Waals surface area contributed by atoms with Gasteiger partial charge >= 0.3 is 0 Å². The molecule has 0 aliphatic heterocycles. The maximum absolute atomic E-state index is 12.6. The number of nitrogens with zero attached hydrogens (tertiary/aromatic N) is 2. The first kappa shape index (κ1) is 17.0. The molecule has 3 aromatic rings. The van der Waals surface area contributed by atoms with Gasteiger partial charge in [-0.25, -0.2) is 18.1 Å². The second kappa shape index (κ2) is 6.55. The Balaban J connectivity index is 1.95. The third kappa shape index (κ3) is 3.17. The van der Waals surface area contributed by atoms with E-state index in [4.69, 9.17) is 11.6 Å². The van der Waals surface area contributed by atoms with Crippen LogP contribution < -0.4 is 4.72 Å². The minimum absolute atomic E-state index is 0.179. The number of benzene rings is 2. The van der Waals surface area contributed by atoms with E-state index in [9.17, 15) is 8.42 Å². The van der Waals surface area contributed by atoms with Crippen molar-refractivity contribution in [2.45, 2.75) is 31.3 Å². The molecule has 0 aliphatic carbocycles. The number of sulfonamides is 1. The van der Waals surface area contributed by atoms with Crippen LogP contribution in [0.5, 0.6) is 0 Å². The molecule has 24 heavy (non-hydrogen) atoms. The van der Waals surface area contributed by atoms with Gasteiger partial charge < -0.3 is 4.57 Å². The molecule has 1 N–H and O–H groups in total. The summed E-state index contributed by atoms with van der Waals surface area (Å²) in [5.74, 6) is 0.691. The molecule has 3 rings (SSSR count). The molecule has 126 valence electrons. The molecule has 0 aliphatic rings. The van der Waals surface area contributed by atoms with E-state index in [2.05, 4.69) is 9.71 Å². The van der Waals surface area contributed by atoms with E-state index in [1.165, 1.54) is 12.1 Å². The van der Waals surface area contributed by atoms with Crippen LogP contribution >= 0.6 is 11.6 Å². The van der Waals surface area contributed by atoms with Crippen LogP contribution in [0.1, 0.15) is 25.7 Å². The zero-order valence-electron chi connectivity index (χ0n) is 13.4. The van der Waals surface area contributed by atoms with Gasteiger partial charge in [0.2, 0.25) is 10.0 Å². The topological polar surface area (TPSA) is 64.0 Å². The Bertz CT molecular complexity index is 965. The molecule has 5 nitrogen and oxygen atoms in total. The number of imidazole rings is 1. The number of aryl methyl sites for hydroxylation is 1. The molecule has 1 atom stereocenters. The Morgan fingerprint density at radius 2 is 1.83 bits per heavy atom. The summed E-state index contributed by atoms with van der Waals surface area (Å²) in [6.07, 6.45) is 0. The minimum atomic E-state index is -3.65. The zero-order chi connectivity index (χ0) is 17.3. The van der Waals surface area contributed by atoms with Gasteiger partial charge in [-0.05, 0) is 50.2 Å². The summed E-state index contributed by atoms with van der Waals surface area (Å²) in [6, 6.07) is 13.4. The van der Waals surface area contributed by atoms with Crippen molar-refractivity contribution < 1.29 is 8.42 Å². The van der Waals surface area contributed by atoms with E-state index < -0.39 is 16.1 Å². The highest BCUT2D eigenvalue weighted by atomic mass is 35.5. The smallest absolute Gasteiger partial charge is 0.241 e. The predicted octanol–water partition coefficient (Wildman–Crippen LogP) is 3.75. The fourth-order valence-electron chi connectivity index (χ4n) is 2.72. The first-order valence-electron chi connectivity index (χ1n) is 7.65. The molecule has 0 saturated heterocycles. The quantitative estimate of drug-likeness (QED) is 0.750. The molecule has 0 amide bonds. The van der Waals surface area contributed by atoms with Gasteiger partial charge in [0.05, 0.1) is 22.0 Å². The fraction of sp³-hybridized carbons (Fsp3) is 0.235. The zero-order valence-corrected chi connectivity index (χ0v) is 15.0. The largest absolute Gasteiger partial charge is 0.327 e. The average molecular weight is 364 g/mol. The van der Waals surface area contributed by atoms with Gasteiger partial charge in [0.15, 0.2) is 0 Å². The van der Waals surface area contributed by atoms with Gasteiger partial charge in [-0.2, -0.15) is 0 Å². The SMILES string of the molecule is CCn1c([C@@H](C)NS(=O)(=O)c2ccc(Cl)cc2)nc2ccccc21. The standard InChI is InChI=1S/C17H18ClN3O2S/c1-3-21-16-7-5-4-6-15(16)19-17(21)12(2)20-24(22,23)14-10-8-13(18)9-11-14/h4-12,20H,3H2,1-2H3/t12-/m1/s1. The lowest BCUT2D eigenvalue weighted by Gasteiger charge is -2.15. The summed E-state index contributed by atoms with van der Waals surface area (Å²) in [6.45, 7) is 4.52. The van der Waals surface area contributed by atoms with Gasteiger partial charge in [-0.3, -0.25) is 0 Å². The first-order valence-corrected chi connectivity index (χ1v) is 9.51. The number of para-hydroxylation sites is 2. The highest BCUT2D eigenvalue weighted by Crippen LogP contribution is 2.22. The molecule has 7 heteroatoms. The molecule has 0 fully saturated rings. The number of rotatable bonds is 5. The lowest BCUT2D eigenvalue weighted by Crippen LogP contribution is -2.28. The van der Waals surface area contributed by atoms with E-state index in [0.29, 0.717) is 17.4 Å². The number of hydrogen-bond donors (Lipinski definition) is 1. The van der Waals surface area contributed by atoms with E-state index in [0.717, 1.165) is 11.0 Å². The minimum Gasteiger partial charge on any atom is -0.327 e. The Morgan fingerprint density at radius 1 is 1.17 bits per heavy atom. The number of halogens is 1. The van der Waals surface area contributed by atoms with E-state index >= 15 is 0 Å². The maximum atomic E-state index is 12.6. The summed E-state index contributed by atoms with van der Waals surface area (Å²) in [4.78, 5) is 4.77. The molecular formula is C17H18ClN3O2S. The Hall–Kier alpha value is -1.89. The van der Waals surface area contributed by atoms with Crippen LogP contribution in [0.3, 0.4) is 0 Å². The summed E-state index contributed by atoms with van der Waals surface area (Å²) in [5, 5.41) is 0.495. The van der Waals surface area contributed by atoms with Gasteiger partial charge in [-0.15, -0.1) is 0 Å². The van der Waals surface area contributed by atoms with E-state index in [-0.39, 0.29) is 4.90 Å². The summed E-state index contributed by atoms with van der Waals surface area (Å²) < 4.78 is 29.8. The second-order valence-electron chi connectivity index (χ2n) is 5.50. The molecule has 0 radical (unpaired) electrons. The van der Waals surface area contributed by atoms with Crippen molar-refractivity contribution in [3.05, 3.63) is 59.4 Å². The van der Waals surface area contributed by atoms with Crippen LogP contribution in [0.15, 0.2) is 53.4 Å². The Kier molecular flexibility index (Phi) is 4.62. The van der Waals surface area contributed by atoms with Crippen molar-refractivity contribution in [1.29, 1.82) is 0 Å². The highest BCUT2D eigenvalue weighted by molar-refractivity contribution is 7.89. The van der Waals surface area contributed by atoms with Crippen molar-refractivity contribution in [2.75, 3.05) is 0 Å². The van der Waals surface area contributed by atoms with Crippen molar-refractivity contribution in [1.82, 2.24) is 14.3 Å². The van der Waals surface area contributed by atoms with Crippen LogP contribution in [0, 0.1) is 0 Å². The number of fused-ring (bicyclic) bond motifs is 1. The van der Waals surface area contributed by atoms with Crippen molar-refractivity contribution in [3.8, 4) is 0 Å². The summed E-state index contributed by atoms with van der Waals surface area (Å²) in [7, 11) is -3.65.